The Morgan fingerprint density at radius 1 is 1.17 bits per heavy atom. The highest BCUT2D eigenvalue weighted by Crippen LogP contribution is 2.28. The van der Waals surface area contributed by atoms with Gasteiger partial charge >= 0.3 is 5.97 Å². The van der Waals surface area contributed by atoms with Crippen LogP contribution in [-0.2, 0) is 19.6 Å². The summed E-state index contributed by atoms with van der Waals surface area (Å²) >= 11 is 0. The number of likely N-dealkylation sites (tertiary alicyclic amines) is 1. The summed E-state index contributed by atoms with van der Waals surface area (Å²) in [6, 6.07) is -0.341. The molecule has 1 N–H and O–H groups in total. The van der Waals surface area contributed by atoms with Crippen LogP contribution in [0.15, 0.2) is 0 Å². The first-order valence-corrected chi connectivity index (χ1v) is 9.90. The van der Waals surface area contributed by atoms with Gasteiger partial charge in [0.15, 0.2) is 0 Å². The molecule has 0 aromatic carbocycles. The van der Waals surface area contributed by atoms with Crippen molar-refractivity contribution in [3.05, 3.63) is 0 Å². The Morgan fingerprint density at radius 2 is 1.83 bits per heavy atom. The van der Waals surface area contributed by atoms with Crippen molar-refractivity contribution in [2.45, 2.75) is 45.6 Å². The number of hydrogen-bond donors (Lipinski definition) is 1. The molecular formula is C15H26N2O5S. The SMILES string of the molecule is CCS(=O)(=O)N1CCCC(C(=O)N2CCC[C@H](C(=O)O)[C@@H]2C)C1. The maximum Gasteiger partial charge on any atom is 0.308 e. The number of aliphatic carboxylic acids is 1. The molecule has 0 bridgehead atoms. The third-order valence-electron chi connectivity index (χ3n) is 5.08. The van der Waals surface area contributed by atoms with E-state index >= 15 is 0 Å². The van der Waals surface area contributed by atoms with E-state index in [-0.39, 0.29) is 30.2 Å². The van der Waals surface area contributed by atoms with Gasteiger partial charge in [-0.05, 0) is 39.5 Å². The zero-order chi connectivity index (χ0) is 17.2. The number of rotatable bonds is 4. The highest BCUT2D eigenvalue weighted by molar-refractivity contribution is 7.89. The van der Waals surface area contributed by atoms with Crippen LogP contribution in [0.1, 0.15) is 39.5 Å². The van der Waals surface area contributed by atoms with Gasteiger partial charge in [-0.2, -0.15) is 0 Å². The molecule has 0 aromatic rings. The fraction of sp³-hybridized carbons (Fsp3) is 0.867. The summed E-state index contributed by atoms with van der Waals surface area (Å²) in [6.07, 6.45) is 2.59. The third kappa shape index (κ3) is 3.85. The molecular weight excluding hydrogens is 320 g/mol. The van der Waals surface area contributed by atoms with Gasteiger partial charge in [-0.25, -0.2) is 12.7 Å². The molecule has 2 saturated heterocycles. The van der Waals surface area contributed by atoms with Crippen molar-refractivity contribution in [1.29, 1.82) is 0 Å². The van der Waals surface area contributed by atoms with Gasteiger partial charge in [0.1, 0.15) is 0 Å². The minimum Gasteiger partial charge on any atom is -0.481 e. The number of nitrogens with zero attached hydrogens (tertiary/aromatic N) is 2. The number of piperidine rings is 2. The lowest BCUT2D eigenvalue weighted by molar-refractivity contribution is -0.151. The monoisotopic (exact) mass is 346 g/mol. The molecule has 0 spiro atoms. The molecule has 23 heavy (non-hydrogen) atoms. The molecule has 2 fully saturated rings. The minimum absolute atomic E-state index is 0.0368. The zero-order valence-electron chi connectivity index (χ0n) is 13.8. The Morgan fingerprint density at radius 3 is 2.43 bits per heavy atom. The first kappa shape index (κ1) is 18.2. The van der Waals surface area contributed by atoms with Crippen molar-refractivity contribution in [1.82, 2.24) is 9.21 Å². The van der Waals surface area contributed by atoms with E-state index in [1.54, 1.807) is 18.7 Å². The summed E-state index contributed by atoms with van der Waals surface area (Å²) in [6.45, 7) is 4.62. The van der Waals surface area contributed by atoms with E-state index in [0.29, 0.717) is 38.8 Å². The molecule has 1 amide bonds. The molecule has 0 aromatic heterocycles. The van der Waals surface area contributed by atoms with Crippen LogP contribution >= 0.6 is 0 Å². The number of amides is 1. The summed E-state index contributed by atoms with van der Waals surface area (Å²) in [7, 11) is -3.29. The number of carbonyl (C=O) groups is 2. The van der Waals surface area contributed by atoms with Gasteiger partial charge in [-0.1, -0.05) is 0 Å². The van der Waals surface area contributed by atoms with Gasteiger partial charge in [-0.15, -0.1) is 0 Å². The molecule has 0 radical (unpaired) electrons. The maximum atomic E-state index is 12.8. The molecule has 2 aliphatic rings. The second kappa shape index (κ2) is 7.17. The first-order valence-electron chi connectivity index (χ1n) is 8.29. The number of hydrogen-bond acceptors (Lipinski definition) is 4. The second-order valence-corrected chi connectivity index (χ2v) is 8.71. The van der Waals surface area contributed by atoms with E-state index < -0.39 is 21.9 Å². The lowest BCUT2D eigenvalue weighted by atomic mass is 9.88. The molecule has 8 heteroatoms. The highest BCUT2D eigenvalue weighted by atomic mass is 32.2. The van der Waals surface area contributed by atoms with Crippen molar-refractivity contribution in [2.24, 2.45) is 11.8 Å². The predicted octanol–water partition coefficient (Wildman–Crippen LogP) is 0.760. The highest BCUT2D eigenvalue weighted by Gasteiger charge is 2.39. The van der Waals surface area contributed by atoms with Gasteiger partial charge in [0.2, 0.25) is 15.9 Å². The van der Waals surface area contributed by atoms with Crippen LogP contribution < -0.4 is 0 Å². The van der Waals surface area contributed by atoms with Crippen LogP contribution in [0.5, 0.6) is 0 Å². The van der Waals surface area contributed by atoms with Crippen LogP contribution in [-0.4, -0.2) is 66.0 Å². The van der Waals surface area contributed by atoms with E-state index in [0.717, 1.165) is 0 Å². The number of carboxylic acids is 1. The van der Waals surface area contributed by atoms with Crippen molar-refractivity contribution in [3.8, 4) is 0 Å². The van der Waals surface area contributed by atoms with Gasteiger partial charge in [0, 0.05) is 25.7 Å². The van der Waals surface area contributed by atoms with Gasteiger partial charge in [0.25, 0.3) is 0 Å². The van der Waals surface area contributed by atoms with E-state index in [1.807, 2.05) is 0 Å². The first-order chi connectivity index (χ1) is 10.8. The molecule has 0 saturated carbocycles. The summed E-state index contributed by atoms with van der Waals surface area (Å²) in [4.78, 5) is 25.8. The van der Waals surface area contributed by atoms with E-state index in [2.05, 4.69) is 0 Å². The molecule has 0 aliphatic carbocycles. The number of sulfonamides is 1. The quantitative estimate of drug-likeness (QED) is 0.811. The fourth-order valence-electron chi connectivity index (χ4n) is 3.60. The van der Waals surface area contributed by atoms with Crippen LogP contribution in [0.4, 0.5) is 0 Å². The maximum absolute atomic E-state index is 12.8. The van der Waals surface area contributed by atoms with Gasteiger partial charge in [-0.3, -0.25) is 9.59 Å². The van der Waals surface area contributed by atoms with Crippen molar-refractivity contribution in [2.75, 3.05) is 25.4 Å². The Balaban J connectivity index is 2.09. The van der Waals surface area contributed by atoms with Crippen molar-refractivity contribution in [3.63, 3.8) is 0 Å². The summed E-state index contributed by atoms with van der Waals surface area (Å²) in [5.41, 5.74) is 0. The van der Waals surface area contributed by atoms with E-state index in [1.165, 1.54) is 4.31 Å². The Bertz CT molecular complexity index is 562. The van der Waals surface area contributed by atoms with Crippen LogP contribution in [0.3, 0.4) is 0 Å². The van der Waals surface area contributed by atoms with E-state index in [4.69, 9.17) is 0 Å². The Labute approximate surface area is 137 Å². The lowest BCUT2D eigenvalue weighted by Crippen LogP contribution is -2.53. The molecule has 7 nitrogen and oxygen atoms in total. The van der Waals surface area contributed by atoms with Gasteiger partial charge < -0.3 is 10.0 Å². The van der Waals surface area contributed by atoms with Gasteiger partial charge in [0.05, 0.1) is 17.6 Å². The molecule has 2 rings (SSSR count). The minimum atomic E-state index is -3.29. The third-order valence-corrected chi connectivity index (χ3v) is 6.93. The number of carbonyl (C=O) groups excluding carboxylic acids is 1. The van der Waals surface area contributed by atoms with Crippen molar-refractivity contribution >= 4 is 21.9 Å². The largest absolute Gasteiger partial charge is 0.481 e. The molecule has 2 aliphatic heterocycles. The summed E-state index contributed by atoms with van der Waals surface area (Å²) < 4.78 is 25.5. The standard InChI is InChI=1S/C15H26N2O5S/c1-3-23(21,22)16-8-4-6-12(10-16)14(18)17-9-5-7-13(11(17)2)15(19)20/h11-13H,3-10H2,1-2H3,(H,19,20)/t11-,12?,13-/m0/s1. The van der Waals surface area contributed by atoms with Crippen molar-refractivity contribution < 1.29 is 23.1 Å². The predicted molar refractivity (Wildman–Crippen MR) is 85.3 cm³/mol. The number of carboxylic acid groups (broad SMARTS) is 1. The molecule has 2 heterocycles. The topological polar surface area (TPSA) is 95.0 Å². The molecule has 3 atom stereocenters. The van der Waals surface area contributed by atoms with Crippen LogP contribution in [0.25, 0.3) is 0 Å². The summed E-state index contributed by atoms with van der Waals surface area (Å²) in [5, 5.41) is 9.27. The zero-order valence-corrected chi connectivity index (χ0v) is 14.6. The molecule has 132 valence electrons. The van der Waals surface area contributed by atoms with Crippen LogP contribution in [0.2, 0.25) is 0 Å². The summed E-state index contributed by atoms with van der Waals surface area (Å²) in [5.74, 6) is -1.82. The van der Waals surface area contributed by atoms with E-state index in [9.17, 15) is 23.1 Å². The fourth-order valence-corrected chi connectivity index (χ4v) is 4.78. The van der Waals surface area contributed by atoms with Crippen LogP contribution in [0, 0.1) is 11.8 Å². The lowest BCUT2D eigenvalue weighted by Gasteiger charge is -2.41. The Hall–Kier alpha value is -1.15. The second-order valence-electron chi connectivity index (χ2n) is 6.46. The average Bonchev–Trinajstić information content (AvgIpc) is 2.54. The molecule has 1 unspecified atom stereocenters. The Kier molecular flexibility index (Phi) is 5.67. The normalized spacial score (nSPS) is 30.2. The smallest absolute Gasteiger partial charge is 0.308 e. The average molecular weight is 346 g/mol.